The molecule has 1 amide bonds. The average Bonchev–Trinajstić information content (AvgIpc) is 2.39. The molecule has 0 heterocycles. The summed E-state index contributed by atoms with van der Waals surface area (Å²) in [4.78, 5) is 22.4. The van der Waals surface area contributed by atoms with E-state index in [2.05, 4.69) is 5.32 Å². The zero-order valence-electron chi connectivity index (χ0n) is 10.8. The van der Waals surface area contributed by atoms with Crippen molar-refractivity contribution in [3.63, 3.8) is 0 Å². The molecule has 0 bridgehead atoms. The van der Waals surface area contributed by atoms with E-state index in [1.54, 1.807) is 36.4 Å². The lowest BCUT2D eigenvalue weighted by Gasteiger charge is -2.08. The monoisotopic (exact) mass is 271 g/mol. The van der Waals surface area contributed by atoms with Crippen molar-refractivity contribution in [2.24, 2.45) is 0 Å². The van der Waals surface area contributed by atoms with Gasteiger partial charge in [0.05, 0.1) is 0 Å². The van der Waals surface area contributed by atoms with Gasteiger partial charge in [0.1, 0.15) is 5.75 Å². The second kappa shape index (κ2) is 5.44. The van der Waals surface area contributed by atoms with Gasteiger partial charge in [0.25, 0.3) is 0 Å². The minimum absolute atomic E-state index is 0.0504. The fourth-order valence-corrected chi connectivity index (χ4v) is 1.83. The zero-order valence-corrected chi connectivity index (χ0v) is 10.8. The molecule has 0 radical (unpaired) electrons. The molecule has 20 heavy (non-hydrogen) atoms. The number of nitrogens with one attached hydrogen (secondary N) is 1. The number of aliphatic carboxylic acids is 1. The largest absolute Gasteiger partial charge is 0.507 e. The summed E-state index contributed by atoms with van der Waals surface area (Å²) in [5.74, 6) is -1.55. The Labute approximate surface area is 115 Å². The Balaban J connectivity index is 2.36. The third-order valence-corrected chi connectivity index (χ3v) is 2.84. The van der Waals surface area contributed by atoms with E-state index in [0.29, 0.717) is 16.5 Å². The van der Waals surface area contributed by atoms with Crippen molar-refractivity contribution in [1.82, 2.24) is 0 Å². The van der Waals surface area contributed by atoms with Crippen LogP contribution in [0.3, 0.4) is 0 Å². The molecule has 0 unspecified atom stereocenters. The third-order valence-electron chi connectivity index (χ3n) is 2.84. The van der Waals surface area contributed by atoms with Gasteiger partial charge in [-0.2, -0.15) is 0 Å². The maximum atomic E-state index is 11.7. The number of carboxylic acids is 1. The fraction of sp³-hybridized carbons (Fsp3) is 0.0667. The normalized spacial score (nSPS) is 11.3. The minimum atomic E-state index is -1.14. The van der Waals surface area contributed by atoms with Crippen LogP contribution in [0.5, 0.6) is 5.75 Å². The Bertz CT molecular complexity index is 719. The molecular weight excluding hydrogens is 258 g/mol. The molecule has 5 heteroatoms. The number of rotatable bonds is 3. The molecular formula is C15H13NO4. The number of amides is 1. The molecule has 2 aromatic rings. The first-order chi connectivity index (χ1) is 9.49. The summed E-state index contributed by atoms with van der Waals surface area (Å²) in [5, 5.41) is 22.4. The summed E-state index contributed by atoms with van der Waals surface area (Å²) in [6.07, 6.45) is 1.02. The van der Waals surface area contributed by atoms with Crippen LogP contribution in [-0.2, 0) is 9.59 Å². The number of benzene rings is 2. The summed E-state index contributed by atoms with van der Waals surface area (Å²) < 4.78 is 0. The molecule has 0 saturated carbocycles. The van der Waals surface area contributed by atoms with Gasteiger partial charge in [0.2, 0.25) is 5.91 Å². The van der Waals surface area contributed by atoms with Crippen LogP contribution in [0.25, 0.3) is 10.8 Å². The molecule has 5 nitrogen and oxygen atoms in total. The van der Waals surface area contributed by atoms with Crippen molar-refractivity contribution in [3.8, 4) is 5.75 Å². The molecule has 3 N–H and O–H groups in total. The molecule has 0 saturated heterocycles. The van der Waals surface area contributed by atoms with Gasteiger partial charge >= 0.3 is 5.97 Å². The van der Waals surface area contributed by atoms with E-state index in [-0.39, 0.29) is 11.3 Å². The van der Waals surface area contributed by atoms with Crippen LogP contribution < -0.4 is 5.32 Å². The molecule has 0 atom stereocenters. The smallest absolute Gasteiger partial charge is 0.331 e. The Kier molecular flexibility index (Phi) is 3.70. The fourth-order valence-electron chi connectivity index (χ4n) is 1.83. The molecule has 0 spiro atoms. The van der Waals surface area contributed by atoms with Crippen molar-refractivity contribution in [2.75, 3.05) is 5.32 Å². The second-order valence-corrected chi connectivity index (χ2v) is 4.30. The Morgan fingerprint density at radius 2 is 1.75 bits per heavy atom. The average molecular weight is 271 g/mol. The molecule has 2 rings (SSSR count). The number of carboxylic acid groups (broad SMARTS) is 1. The number of phenolic OH excluding ortho intramolecular Hbond substituents is 1. The van der Waals surface area contributed by atoms with Crippen molar-refractivity contribution >= 4 is 28.3 Å². The predicted molar refractivity (Wildman–Crippen MR) is 75.6 cm³/mol. The number of hydrogen-bond donors (Lipinski definition) is 3. The lowest BCUT2D eigenvalue weighted by atomic mass is 10.1. The zero-order chi connectivity index (χ0) is 14.7. The summed E-state index contributed by atoms with van der Waals surface area (Å²) in [6.45, 7) is 1.34. The first kappa shape index (κ1) is 13.6. The third kappa shape index (κ3) is 2.77. The van der Waals surface area contributed by atoms with Crippen LogP contribution >= 0.6 is 0 Å². The van der Waals surface area contributed by atoms with Gasteiger partial charge in [-0.15, -0.1) is 0 Å². The van der Waals surface area contributed by atoms with Gasteiger partial charge in [-0.3, -0.25) is 4.79 Å². The first-order valence-electron chi connectivity index (χ1n) is 5.92. The Morgan fingerprint density at radius 3 is 2.45 bits per heavy atom. The SMILES string of the molecule is C/C(=C\C(=O)Nc1cccc2c(O)cccc12)C(=O)O. The maximum absolute atomic E-state index is 11.7. The van der Waals surface area contributed by atoms with E-state index in [0.717, 1.165) is 6.08 Å². The molecule has 0 aliphatic carbocycles. The quantitative estimate of drug-likeness (QED) is 0.749. The highest BCUT2D eigenvalue weighted by atomic mass is 16.4. The highest BCUT2D eigenvalue weighted by molar-refractivity contribution is 6.09. The number of phenols is 1. The van der Waals surface area contributed by atoms with Crippen LogP contribution in [0.1, 0.15) is 6.92 Å². The van der Waals surface area contributed by atoms with Gasteiger partial charge in [-0.25, -0.2) is 4.79 Å². The number of anilines is 1. The molecule has 0 aliphatic heterocycles. The number of carbonyl (C=O) groups is 2. The number of carbonyl (C=O) groups excluding carboxylic acids is 1. The van der Waals surface area contributed by atoms with Crippen LogP contribution in [0.2, 0.25) is 0 Å². The number of fused-ring (bicyclic) bond motifs is 1. The molecule has 0 fully saturated rings. The van der Waals surface area contributed by atoms with Gasteiger partial charge in [0.15, 0.2) is 0 Å². The number of aromatic hydroxyl groups is 1. The highest BCUT2D eigenvalue weighted by Gasteiger charge is 2.08. The summed E-state index contributed by atoms with van der Waals surface area (Å²) >= 11 is 0. The standard InChI is InChI=1S/C15H13NO4/c1-9(15(19)20)8-14(18)16-12-6-2-5-11-10(12)4-3-7-13(11)17/h2-8,17H,1H3,(H,16,18)(H,19,20)/b9-8+. The Hall–Kier alpha value is -2.82. The molecule has 2 aromatic carbocycles. The van der Waals surface area contributed by atoms with Crippen LogP contribution in [-0.4, -0.2) is 22.1 Å². The van der Waals surface area contributed by atoms with E-state index in [9.17, 15) is 14.7 Å². The maximum Gasteiger partial charge on any atom is 0.331 e. The highest BCUT2D eigenvalue weighted by Crippen LogP contribution is 2.29. The van der Waals surface area contributed by atoms with Crippen LogP contribution in [0, 0.1) is 0 Å². The van der Waals surface area contributed by atoms with Crippen LogP contribution in [0.4, 0.5) is 5.69 Å². The van der Waals surface area contributed by atoms with Crippen molar-refractivity contribution in [2.45, 2.75) is 6.92 Å². The van der Waals surface area contributed by atoms with Gasteiger partial charge in [0, 0.05) is 28.1 Å². The lowest BCUT2D eigenvalue weighted by molar-refractivity contribution is -0.132. The van der Waals surface area contributed by atoms with Gasteiger partial charge in [-0.1, -0.05) is 24.3 Å². The topological polar surface area (TPSA) is 86.6 Å². The lowest BCUT2D eigenvalue weighted by Crippen LogP contribution is -2.11. The van der Waals surface area contributed by atoms with Crippen LogP contribution in [0.15, 0.2) is 48.0 Å². The van der Waals surface area contributed by atoms with E-state index in [1.165, 1.54) is 6.92 Å². The van der Waals surface area contributed by atoms with E-state index < -0.39 is 11.9 Å². The van der Waals surface area contributed by atoms with E-state index >= 15 is 0 Å². The summed E-state index contributed by atoms with van der Waals surface area (Å²) in [6, 6.07) is 10.1. The second-order valence-electron chi connectivity index (χ2n) is 4.30. The van der Waals surface area contributed by atoms with Gasteiger partial charge in [-0.05, 0) is 19.1 Å². The molecule has 0 aliphatic rings. The van der Waals surface area contributed by atoms with E-state index in [4.69, 9.17) is 5.11 Å². The van der Waals surface area contributed by atoms with Crippen molar-refractivity contribution in [3.05, 3.63) is 48.0 Å². The number of hydrogen-bond acceptors (Lipinski definition) is 3. The van der Waals surface area contributed by atoms with Gasteiger partial charge < -0.3 is 15.5 Å². The summed E-state index contributed by atoms with van der Waals surface area (Å²) in [7, 11) is 0. The van der Waals surface area contributed by atoms with Crippen molar-refractivity contribution < 1.29 is 19.8 Å². The predicted octanol–water partition coefficient (Wildman–Crippen LogP) is 2.51. The minimum Gasteiger partial charge on any atom is -0.507 e. The van der Waals surface area contributed by atoms with E-state index in [1.807, 2.05) is 0 Å². The van der Waals surface area contributed by atoms with Crippen molar-refractivity contribution in [1.29, 1.82) is 0 Å². The summed E-state index contributed by atoms with van der Waals surface area (Å²) in [5.41, 5.74) is 0.462. The Morgan fingerprint density at radius 1 is 1.10 bits per heavy atom. The first-order valence-corrected chi connectivity index (χ1v) is 5.92. The molecule has 0 aromatic heterocycles. The molecule has 102 valence electrons.